The van der Waals surface area contributed by atoms with Crippen molar-refractivity contribution in [2.75, 3.05) is 26.8 Å². The van der Waals surface area contributed by atoms with Crippen molar-refractivity contribution in [2.24, 2.45) is 5.41 Å². The molecule has 9 heteroatoms. The normalized spacial score (nSPS) is 18.2. The van der Waals surface area contributed by atoms with Crippen LogP contribution < -0.4 is 14.8 Å². The monoisotopic (exact) mass is 627 g/mol. The molecule has 1 saturated carbocycles. The fourth-order valence-corrected chi connectivity index (χ4v) is 6.22. The van der Waals surface area contributed by atoms with E-state index < -0.39 is 17.6 Å². The third-order valence-corrected chi connectivity index (χ3v) is 8.99. The number of pyridine rings is 1. The molecule has 2 amide bonds. The molecule has 0 unspecified atom stereocenters. The second kappa shape index (κ2) is 15.3. The summed E-state index contributed by atoms with van der Waals surface area (Å²) in [6.07, 6.45) is 7.60. The minimum Gasteiger partial charge on any atom is -0.497 e. The first-order chi connectivity index (χ1) is 22.4. The number of rotatable bonds is 16. The van der Waals surface area contributed by atoms with Gasteiger partial charge in [0.15, 0.2) is 5.78 Å². The van der Waals surface area contributed by atoms with E-state index in [0.717, 1.165) is 54.3 Å². The van der Waals surface area contributed by atoms with Crippen LogP contribution in [-0.4, -0.2) is 66.6 Å². The summed E-state index contributed by atoms with van der Waals surface area (Å²) in [5, 5.41) is 3.83. The van der Waals surface area contributed by atoms with Crippen LogP contribution in [0.5, 0.6) is 11.5 Å². The van der Waals surface area contributed by atoms with E-state index in [0.29, 0.717) is 43.9 Å². The van der Waals surface area contributed by atoms with Crippen LogP contribution in [0.4, 0.5) is 4.79 Å². The van der Waals surface area contributed by atoms with E-state index in [-0.39, 0.29) is 30.7 Å². The Bertz CT molecular complexity index is 1540. The van der Waals surface area contributed by atoms with Gasteiger partial charge in [0.05, 0.1) is 42.9 Å². The number of carbonyl (C=O) groups excluding carboxylic acids is 3. The summed E-state index contributed by atoms with van der Waals surface area (Å²) in [7, 11) is 1.62. The van der Waals surface area contributed by atoms with Crippen LogP contribution in [0.3, 0.4) is 0 Å². The van der Waals surface area contributed by atoms with Crippen molar-refractivity contribution in [1.82, 2.24) is 15.2 Å². The van der Waals surface area contributed by atoms with Gasteiger partial charge in [0.1, 0.15) is 17.6 Å². The fourth-order valence-electron chi connectivity index (χ4n) is 6.22. The highest BCUT2D eigenvalue weighted by atomic mass is 16.5. The maximum Gasteiger partial charge on any atom is 0.318 e. The molecule has 0 radical (unpaired) electrons. The van der Waals surface area contributed by atoms with Gasteiger partial charge < -0.3 is 24.4 Å². The molecule has 0 spiro atoms. The number of likely N-dealkylation sites (tertiary alicyclic amines) is 1. The number of unbranched alkanes of at least 4 members (excludes halogenated alkanes) is 2. The number of allylic oxidation sites excluding steroid dienone is 1. The molecule has 1 N–H and O–H groups in total. The molecule has 1 aliphatic carbocycles. The number of urea groups is 1. The van der Waals surface area contributed by atoms with E-state index in [1.165, 1.54) is 0 Å². The average Bonchev–Trinajstić information content (AvgIpc) is 3.75. The third kappa shape index (κ3) is 7.87. The third-order valence-electron chi connectivity index (χ3n) is 8.99. The molecule has 2 aliphatic rings. The Morgan fingerprint density at radius 3 is 2.61 bits per heavy atom. The van der Waals surface area contributed by atoms with E-state index in [4.69, 9.17) is 19.2 Å². The van der Waals surface area contributed by atoms with Gasteiger partial charge in [0.25, 0.3) is 0 Å². The number of amides is 2. The Morgan fingerprint density at radius 1 is 1.09 bits per heavy atom. The Morgan fingerprint density at radius 2 is 1.89 bits per heavy atom. The van der Waals surface area contributed by atoms with Gasteiger partial charge in [-0.1, -0.05) is 36.4 Å². The number of carbonyl (C=O) groups is 3. The lowest BCUT2D eigenvalue weighted by Gasteiger charge is -2.24. The van der Waals surface area contributed by atoms with Crippen LogP contribution in [0.1, 0.15) is 64.7 Å². The van der Waals surface area contributed by atoms with Crippen molar-refractivity contribution in [3.63, 3.8) is 0 Å². The minimum absolute atomic E-state index is 0.0122. The number of benzene rings is 2. The van der Waals surface area contributed by atoms with Gasteiger partial charge in [-0.05, 0) is 64.0 Å². The Kier molecular flexibility index (Phi) is 10.9. The standard InChI is InChI=1S/C37H45N3O6/c1-4-6-7-11-21-38-36(43)40-25-28(23-32(40)33(41)15-12-18-37(19-20-37)35(42)45-5-2)46-34-24-30(26-13-9-8-10-14-26)39-31-22-27(44-3)16-17-29(31)34/h4,8-10,13-14,16-17,22,24,28,32H,1,5-7,11-12,15,18-21,23,25H2,2-3H3,(H,38,43)/t28-,32+/m1/s1. The first kappa shape index (κ1) is 33.0. The highest BCUT2D eigenvalue weighted by molar-refractivity contribution is 5.90. The van der Waals surface area contributed by atoms with Crippen molar-refractivity contribution in [3.05, 3.63) is 67.3 Å². The number of ketones is 1. The number of Topliss-reactive ketones (excluding diaryl/α,β-unsaturated/α-hetero) is 1. The first-order valence-electron chi connectivity index (χ1n) is 16.4. The van der Waals surface area contributed by atoms with Crippen LogP contribution in [0.15, 0.2) is 67.3 Å². The number of hydrogen-bond acceptors (Lipinski definition) is 7. The van der Waals surface area contributed by atoms with Crippen LogP contribution in [0.25, 0.3) is 22.2 Å². The summed E-state index contributed by atoms with van der Waals surface area (Å²) in [4.78, 5) is 46.0. The predicted molar refractivity (Wildman–Crippen MR) is 178 cm³/mol. The zero-order valence-corrected chi connectivity index (χ0v) is 27.0. The molecule has 46 heavy (non-hydrogen) atoms. The lowest BCUT2D eigenvalue weighted by atomic mass is 9.96. The average molecular weight is 628 g/mol. The molecule has 2 heterocycles. The van der Waals surface area contributed by atoms with E-state index in [1.807, 2.05) is 67.6 Å². The molecule has 1 aromatic heterocycles. The van der Waals surface area contributed by atoms with E-state index in [2.05, 4.69) is 11.9 Å². The highest BCUT2D eigenvalue weighted by Crippen LogP contribution is 2.51. The van der Waals surface area contributed by atoms with Crippen molar-refractivity contribution >= 4 is 28.7 Å². The summed E-state index contributed by atoms with van der Waals surface area (Å²) in [5.74, 6) is 1.15. The summed E-state index contributed by atoms with van der Waals surface area (Å²) < 4.78 is 17.4. The van der Waals surface area contributed by atoms with Crippen molar-refractivity contribution in [3.8, 4) is 22.8 Å². The molecule has 2 aromatic carbocycles. The number of ether oxygens (including phenoxy) is 3. The Balaban J connectivity index is 1.34. The highest BCUT2D eigenvalue weighted by Gasteiger charge is 2.50. The summed E-state index contributed by atoms with van der Waals surface area (Å²) in [6, 6.07) is 16.6. The molecule has 2 atom stereocenters. The summed E-state index contributed by atoms with van der Waals surface area (Å²) in [6.45, 7) is 6.72. The zero-order valence-electron chi connectivity index (χ0n) is 27.0. The summed E-state index contributed by atoms with van der Waals surface area (Å²) >= 11 is 0. The maximum atomic E-state index is 13.7. The van der Waals surface area contributed by atoms with Gasteiger partial charge in [-0.3, -0.25) is 9.59 Å². The second-order valence-electron chi connectivity index (χ2n) is 12.2. The van der Waals surface area contributed by atoms with Gasteiger partial charge in [-0.15, -0.1) is 6.58 Å². The number of aromatic nitrogens is 1. The Labute approximate surface area is 271 Å². The van der Waals surface area contributed by atoms with Crippen LogP contribution in [0.2, 0.25) is 0 Å². The number of nitrogens with one attached hydrogen (secondary N) is 1. The van der Waals surface area contributed by atoms with Crippen LogP contribution >= 0.6 is 0 Å². The molecule has 0 bridgehead atoms. The number of nitrogens with zero attached hydrogens (tertiary/aromatic N) is 2. The zero-order chi connectivity index (χ0) is 32.5. The second-order valence-corrected chi connectivity index (χ2v) is 12.2. The smallest absolute Gasteiger partial charge is 0.318 e. The van der Waals surface area contributed by atoms with Gasteiger partial charge in [-0.2, -0.15) is 0 Å². The molecule has 1 saturated heterocycles. The quantitative estimate of drug-likeness (QED) is 0.105. The minimum atomic E-state index is -0.613. The molecule has 244 valence electrons. The molecule has 9 nitrogen and oxygen atoms in total. The number of methoxy groups -OCH3 is 1. The summed E-state index contributed by atoms with van der Waals surface area (Å²) in [5.41, 5.74) is 1.99. The van der Waals surface area contributed by atoms with Gasteiger partial charge in [0.2, 0.25) is 0 Å². The van der Waals surface area contributed by atoms with Gasteiger partial charge >= 0.3 is 12.0 Å². The van der Waals surface area contributed by atoms with Crippen molar-refractivity contribution in [1.29, 1.82) is 0 Å². The largest absolute Gasteiger partial charge is 0.497 e. The van der Waals surface area contributed by atoms with E-state index in [9.17, 15) is 14.4 Å². The molecule has 1 aliphatic heterocycles. The first-order valence-corrected chi connectivity index (χ1v) is 16.4. The lowest BCUT2D eigenvalue weighted by molar-refractivity contribution is -0.150. The Hall–Kier alpha value is -4.40. The number of fused-ring (bicyclic) bond motifs is 1. The van der Waals surface area contributed by atoms with Gasteiger partial charge in [-0.25, -0.2) is 9.78 Å². The molecule has 2 fully saturated rings. The van der Waals surface area contributed by atoms with Gasteiger partial charge in [0, 0.05) is 42.5 Å². The SMILES string of the molecule is C=CCCCCNC(=O)N1C[C@H](Oc2cc(-c3ccccc3)nc3cc(OC)ccc23)C[C@H]1C(=O)CCCC1(C(=O)OCC)CC1. The number of hydrogen-bond donors (Lipinski definition) is 1. The molecule has 5 rings (SSSR count). The van der Waals surface area contributed by atoms with Crippen LogP contribution in [0, 0.1) is 5.41 Å². The topological polar surface area (TPSA) is 107 Å². The maximum absolute atomic E-state index is 13.7. The van der Waals surface area contributed by atoms with Crippen LogP contribution in [-0.2, 0) is 14.3 Å². The van der Waals surface area contributed by atoms with E-state index >= 15 is 0 Å². The molecular formula is C37H45N3O6. The lowest BCUT2D eigenvalue weighted by Crippen LogP contribution is -2.46. The number of esters is 1. The predicted octanol–water partition coefficient (Wildman–Crippen LogP) is 6.88. The molecule has 3 aromatic rings. The van der Waals surface area contributed by atoms with Crippen molar-refractivity contribution in [2.45, 2.75) is 76.9 Å². The van der Waals surface area contributed by atoms with E-state index in [1.54, 1.807) is 12.0 Å². The van der Waals surface area contributed by atoms with Crippen molar-refractivity contribution < 1.29 is 28.6 Å². The molecular weight excluding hydrogens is 582 g/mol. The fraction of sp³-hybridized carbons (Fsp3) is 0.459.